The van der Waals surface area contributed by atoms with Crippen molar-refractivity contribution < 1.29 is 4.74 Å². The van der Waals surface area contributed by atoms with Crippen LogP contribution in [-0.2, 0) is 6.54 Å². The Morgan fingerprint density at radius 3 is 2.24 bits per heavy atom. The summed E-state index contributed by atoms with van der Waals surface area (Å²) in [6.07, 6.45) is 1.03. The van der Waals surface area contributed by atoms with Crippen LogP contribution in [0.15, 0.2) is 42.5 Å². The molecule has 1 aromatic heterocycles. The summed E-state index contributed by atoms with van der Waals surface area (Å²) in [6.45, 7) is 6.08. The number of nitrogens with zero attached hydrogens (tertiary/aromatic N) is 1. The lowest BCUT2D eigenvalue weighted by Gasteiger charge is -2.10. The Bertz CT molecular complexity index is 440. The molecule has 0 saturated carbocycles. The molecule has 0 N–H and O–H groups in total. The maximum absolute atomic E-state index is 5.67. The zero-order valence-corrected chi connectivity index (χ0v) is 10.5. The Morgan fingerprint density at radius 1 is 0.941 bits per heavy atom. The first-order valence-electron chi connectivity index (χ1n) is 6.08. The van der Waals surface area contributed by atoms with Crippen molar-refractivity contribution in [2.75, 3.05) is 6.61 Å². The third-order valence-electron chi connectivity index (χ3n) is 2.96. The molecule has 2 heteroatoms. The largest absolute Gasteiger partial charge is 0.494 e. The highest BCUT2D eigenvalue weighted by molar-refractivity contribution is 5.20. The van der Waals surface area contributed by atoms with Crippen LogP contribution in [0.3, 0.4) is 0 Å². The van der Waals surface area contributed by atoms with E-state index in [1.807, 2.05) is 30.3 Å². The minimum absolute atomic E-state index is 0.765. The fraction of sp³-hybridized carbons (Fsp3) is 0.333. The van der Waals surface area contributed by atoms with Crippen LogP contribution in [0.1, 0.15) is 17.8 Å². The molecule has 0 atom stereocenters. The van der Waals surface area contributed by atoms with E-state index < -0.39 is 0 Å². The second-order valence-corrected chi connectivity index (χ2v) is 4.28. The van der Waals surface area contributed by atoms with E-state index in [9.17, 15) is 0 Å². The van der Waals surface area contributed by atoms with Gasteiger partial charge in [-0.15, -0.1) is 0 Å². The van der Waals surface area contributed by atoms with Crippen molar-refractivity contribution in [3.05, 3.63) is 53.9 Å². The van der Waals surface area contributed by atoms with E-state index in [0.717, 1.165) is 25.3 Å². The van der Waals surface area contributed by atoms with Gasteiger partial charge in [0.25, 0.3) is 0 Å². The summed E-state index contributed by atoms with van der Waals surface area (Å²) in [6, 6.07) is 14.3. The van der Waals surface area contributed by atoms with Crippen molar-refractivity contribution in [1.29, 1.82) is 0 Å². The van der Waals surface area contributed by atoms with Gasteiger partial charge in [0.2, 0.25) is 0 Å². The molecule has 2 nitrogen and oxygen atoms in total. The summed E-state index contributed by atoms with van der Waals surface area (Å²) in [5, 5.41) is 0. The van der Waals surface area contributed by atoms with Crippen molar-refractivity contribution >= 4 is 0 Å². The minimum atomic E-state index is 0.765. The number of benzene rings is 1. The quantitative estimate of drug-likeness (QED) is 0.715. The maximum atomic E-state index is 5.67. The summed E-state index contributed by atoms with van der Waals surface area (Å²) in [7, 11) is 0. The highest BCUT2D eigenvalue weighted by Crippen LogP contribution is 2.10. The molecule has 0 fully saturated rings. The van der Waals surface area contributed by atoms with E-state index in [0.29, 0.717) is 0 Å². The summed E-state index contributed by atoms with van der Waals surface area (Å²) in [5.41, 5.74) is 2.64. The van der Waals surface area contributed by atoms with Crippen LogP contribution in [0, 0.1) is 13.8 Å². The number of para-hydroxylation sites is 1. The molecule has 1 aromatic carbocycles. The van der Waals surface area contributed by atoms with Gasteiger partial charge in [0, 0.05) is 17.9 Å². The van der Waals surface area contributed by atoms with Crippen molar-refractivity contribution in [1.82, 2.24) is 4.57 Å². The van der Waals surface area contributed by atoms with Crippen LogP contribution >= 0.6 is 0 Å². The lowest BCUT2D eigenvalue weighted by molar-refractivity contribution is 0.301. The summed E-state index contributed by atoms with van der Waals surface area (Å²) < 4.78 is 8.00. The second kappa shape index (κ2) is 5.58. The molecule has 0 aliphatic rings. The van der Waals surface area contributed by atoms with Gasteiger partial charge in [-0.25, -0.2) is 0 Å². The van der Waals surface area contributed by atoms with Crippen LogP contribution in [0.2, 0.25) is 0 Å². The van der Waals surface area contributed by atoms with Gasteiger partial charge in [0.15, 0.2) is 0 Å². The topological polar surface area (TPSA) is 14.2 Å². The molecule has 90 valence electrons. The predicted molar refractivity (Wildman–Crippen MR) is 70.5 cm³/mol. The first-order valence-corrected chi connectivity index (χ1v) is 6.08. The van der Waals surface area contributed by atoms with Gasteiger partial charge >= 0.3 is 0 Å². The van der Waals surface area contributed by atoms with Crippen molar-refractivity contribution in [2.45, 2.75) is 26.8 Å². The van der Waals surface area contributed by atoms with E-state index in [1.165, 1.54) is 11.4 Å². The Hall–Kier alpha value is -1.70. The first kappa shape index (κ1) is 11.8. The highest BCUT2D eigenvalue weighted by Gasteiger charge is 2.00. The molecule has 0 radical (unpaired) electrons. The molecule has 0 amide bonds. The van der Waals surface area contributed by atoms with Crippen LogP contribution in [0.5, 0.6) is 5.75 Å². The van der Waals surface area contributed by atoms with Crippen molar-refractivity contribution in [3.63, 3.8) is 0 Å². The predicted octanol–water partition coefficient (Wildman–Crippen LogP) is 3.57. The molecule has 0 aliphatic heterocycles. The van der Waals surface area contributed by atoms with Gasteiger partial charge in [0.05, 0.1) is 6.61 Å². The number of ether oxygens (including phenoxy) is 1. The average molecular weight is 229 g/mol. The maximum Gasteiger partial charge on any atom is 0.119 e. The van der Waals surface area contributed by atoms with E-state index in [1.54, 1.807) is 0 Å². The minimum Gasteiger partial charge on any atom is -0.494 e. The van der Waals surface area contributed by atoms with Crippen molar-refractivity contribution in [2.24, 2.45) is 0 Å². The van der Waals surface area contributed by atoms with Crippen LogP contribution in [0.4, 0.5) is 0 Å². The zero-order chi connectivity index (χ0) is 12.1. The van der Waals surface area contributed by atoms with E-state index in [4.69, 9.17) is 4.74 Å². The van der Waals surface area contributed by atoms with Gasteiger partial charge < -0.3 is 9.30 Å². The Labute approximate surface area is 103 Å². The lowest BCUT2D eigenvalue weighted by atomic mass is 10.3. The van der Waals surface area contributed by atoms with E-state index >= 15 is 0 Å². The van der Waals surface area contributed by atoms with Crippen LogP contribution < -0.4 is 4.74 Å². The monoisotopic (exact) mass is 229 g/mol. The molecule has 2 rings (SSSR count). The van der Waals surface area contributed by atoms with Gasteiger partial charge in [-0.3, -0.25) is 0 Å². The van der Waals surface area contributed by atoms with Gasteiger partial charge in [-0.05, 0) is 44.5 Å². The highest BCUT2D eigenvalue weighted by atomic mass is 16.5. The molecule has 0 aliphatic carbocycles. The standard InChI is InChI=1S/C15H19NO/c1-13-9-10-14(2)16(13)11-6-12-17-15-7-4-3-5-8-15/h3-5,7-10H,6,11-12H2,1-2H3. The molecule has 0 saturated heterocycles. The smallest absolute Gasteiger partial charge is 0.119 e. The van der Waals surface area contributed by atoms with Gasteiger partial charge in [-0.2, -0.15) is 0 Å². The third kappa shape index (κ3) is 3.13. The molecule has 17 heavy (non-hydrogen) atoms. The lowest BCUT2D eigenvalue weighted by Crippen LogP contribution is -2.06. The molecule has 0 bridgehead atoms. The normalized spacial score (nSPS) is 10.5. The van der Waals surface area contributed by atoms with Gasteiger partial charge in [-0.1, -0.05) is 18.2 Å². The molecule has 1 heterocycles. The summed E-state index contributed by atoms with van der Waals surface area (Å²) >= 11 is 0. The number of rotatable bonds is 5. The van der Waals surface area contributed by atoms with Gasteiger partial charge in [0.1, 0.15) is 5.75 Å². The second-order valence-electron chi connectivity index (χ2n) is 4.28. The molecule has 2 aromatic rings. The van der Waals surface area contributed by atoms with E-state index in [-0.39, 0.29) is 0 Å². The SMILES string of the molecule is Cc1ccc(C)n1CCCOc1ccccc1. The number of aryl methyl sites for hydroxylation is 2. The summed E-state index contributed by atoms with van der Waals surface area (Å²) in [4.78, 5) is 0. The van der Waals surface area contributed by atoms with Crippen LogP contribution in [0.25, 0.3) is 0 Å². The first-order chi connectivity index (χ1) is 8.27. The molecular formula is C15H19NO. The number of hydrogen-bond acceptors (Lipinski definition) is 1. The average Bonchev–Trinajstić information content (AvgIpc) is 2.67. The molecular weight excluding hydrogens is 210 g/mol. The third-order valence-corrected chi connectivity index (χ3v) is 2.96. The Morgan fingerprint density at radius 2 is 1.59 bits per heavy atom. The zero-order valence-electron chi connectivity index (χ0n) is 10.5. The van der Waals surface area contributed by atoms with Crippen molar-refractivity contribution in [3.8, 4) is 5.75 Å². The van der Waals surface area contributed by atoms with E-state index in [2.05, 4.69) is 30.5 Å². The summed E-state index contributed by atoms with van der Waals surface area (Å²) in [5.74, 6) is 0.952. The fourth-order valence-electron chi connectivity index (χ4n) is 1.98. The Balaban J connectivity index is 1.77. The molecule has 0 spiro atoms. The number of aromatic nitrogens is 1. The molecule has 0 unspecified atom stereocenters. The number of hydrogen-bond donors (Lipinski definition) is 0. The fourth-order valence-corrected chi connectivity index (χ4v) is 1.98. The van der Waals surface area contributed by atoms with Crippen LogP contribution in [-0.4, -0.2) is 11.2 Å². The Kier molecular flexibility index (Phi) is 3.86.